The number of fused-ring (bicyclic) bond motifs is 1. The lowest BCUT2D eigenvalue weighted by molar-refractivity contribution is -0.123. The van der Waals surface area contributed by atoms with E-state index in [4.69, 9.17) is 9.47 Å². The Labute approximate surface area is 180 Å². The van der Waals surface area contributed by atoms with E-state index in [0.29, 0.717) is 23.9 Å². The molecule has 8 heteroatoms. The van der Waals surface area contributed by atoms with Crippen LogP contribution in [0, 0.1) is 6.92 Å². The lowest BCUT2D eigenvalue weighted by Crippen LogP contribution is -2.24. The van der Waals surface area contributed by atoms with Gasteiger partial charge < -0.3 is 20.1 Å². The van der Waals surface area contributed by atoms with Gasteiger partial charge in [0, 0.05) is 5.56 Å². The first-order chi connectivity index (χ1) is 15.0. The number of rotatable bonds is 7. The van der Waals surface area contributed by atoms with Gasteiger partial charge in [0.15, 0.2) is 0 Å². The summed E-state index contributed by atoms with van der Waals surface area (Å²) in [6.07, 6.45) is -0.0392. The average molecular weight is 420 g/mol. The van der Waals surface area contributed by atoms with Crippen molar-refractivity contribution in [3.05, 3.63) is 54.2 Å². The molecule has 1 aromatic heterocycles. The summed E-state index contributed by atoms with van der Waals surface area (Å²) in [5.74, 6) is 1.38. The summed E-state index contributed by atoms with van der Waals surface area (Å²) in [5.41, 5.74) is 3.09. The van der Waals surface area contributed by atoms with Crippen LogP contribution in [0.3, 0.4) is 0 Å². The molecule has 0 aliphatic carbocycles. The fraction of sp³-hybridized carbons (Fsp3) is 0.261. The maximum atomic E-state index is 12.7. The number of aryl methyl sites for hydroxylation is 1. The first kappa shape index (κ1) is 20.5. The second-order valence-electron chi connectivity index (χ2n) is 7.17. The van der Waals surface area contributed by atoms with E-state index < -0.39 is 6.04 Å². The molecule has 2 amide bonds. The highest BCUT2D eigenvalue weighted by molar-refractivity contribution is 6.04. The van der Waals surface area contributed by atoms with Crippen LogP contribution in [-0.2, 0) is 9.59 Å². The Kier molecular flexibility index (Phi) is 5.62. The minimum Gasteiger partial charge on any atom is -0.497 e. The van der Waals surface area contributed by atoms with E-state index in [1.807, 2.05) is 50.2 Å². The second-order valence-corrected chi connectivity index (χ2v) is 7.17. The Morgan fingerprint density at radius 3 is 2.65 bits per heavy atom. The van der Waals surface area contributed by atoms with Crippen molar-refractivity contribution in [3.63, 3.8) is 0 Å². The molecule has 2 aromatic carbocycles. The van der Waals surface area contributed by atoms with Gasteiger partial charge in [-0.1, -0.05) is 24.3 Å². The van der Waals surface area contributed by atoms with Crippen molar-refractivity contribution in [1.29, 1.82) is 0 Å². The molecule has 0 fully saturated rings. The molecule has 3 aromatic rings. The first-order valence-electron chi connectivity index (χ1n) is 10.1. The van der Waals surface area contributed by atoms with Gasteiger partial charge in [-0.05, 0) is 43.7 Å². The maximum Gasteiger partial charge on any atom is 0.251 e. The average Bonchev–Trinajstić information content (AvgIpc) is 3.23. The summed E-state index contributed by atoms with van der Waals surface area (Å²) in [7, 11) is 1.61. The number of ether oxygens (including phenoxy) is 2. The zero-order valence-electron chi connectivity index (χ0n) is 17.6. The van der Waals surface area contributed by atoms with Gasteiger partial charge in [0.2, 0.25) is 5.91 Å². The highest BCUT2D eigenvalue weighted by Crippen LogP contribution is 2.38. The maximum absolute atomic E-state index is 12.7. The lowest BCUT2D eigenvalue weighted by atomic mass is 10.1. The molecule has 0 bridgehead atoms. The number of hydrogen-bond acceptors (Lipinski definition) is 5. The topological polar surface area (TPSA) is 94.5 Å². The summed E-state index contributed by atoms with van der Waals surface area (Å²) < 4.78 is 12.4. The Hall–Kier alpha value is -3.81. The highest BCUT2D eigenvalue weighted by Gasteiger charge is 2.36. The molecule has 160 valence electrons. The zero-order chi connectivity index (χ0) is 22.0. The minimum atomic E-state index is -0.722. The summed E-state index contributed by atoms with van der Waals surface area (Å²) in [4.78, 5) is 25.4. The Bertz CT molecular complexity index is 1120. The van der Waals surface area contributed by atoms with Gasteiger partial charge in [-0.2, -0.15) is 5.10 Å². The third-order valence-electron chi connectivity index (χ3n) is 5.14. The lowest BCUT2D eigenvalue weighted by Gasteiger charge is -2.13. The molecular weight excluding hydrogens is 396 g/mol. The molecule has 1 unspecified atom stereocenters. The van der Waals surface area contributed by atoms with E-state index in [0.717, 1.165) is 22.6 Å². The van der Waals surface area contributed by atoms with Crippen LogP contribution in [0.2, 0.25) is 0 Å². The van der Waals surface area contributed by atoms with E-state index in [9.17, 15) is 9.59 Å². The molecule has 8 nitrogen and oxygen atoms in total. The van der Waals surface area contributed by atoms with E-state index in [-0.39, 0.29) is 18.2 Å². The molecule has 0 radical (unpaired) electrons. The van der Waals surface area contributed by atoms with Crippen molar-refractivity contribution in [2.45, 2.75) is 26.3 Å². The molecule has 2 heterocycles. The smallest absolute Gasteiger partial charge is 0.251 e. The molecule has 1 aliphatic heterocycles. The van der Waals surface area contributed by atoms with Crippen LogP contribution >= 0.6 is 0 Å². The number of anilines is 2. The van der Waals surface area contributed by atoms with Crippen LogP contribution in [0.25, 0.3) is 11.1 Å². The van der Waals surface area contributed by atoms with Crippen molar-refractivity contribution in [2.24, 2.45) is 0 Å². The number of benzene rings is 2. The van der Waals surface area contributed by atoms with E-state index >= 15 is 0 Å². The number of aromatic nitrogens is 2. The predicted octanol–water partition coefficient (Wildman–Crippen LogP) is 3.79. The molecule has 0 spiro atoms. The highest BCUT2D eigenvalue weighted by atomic mass is 16.5. The minimum absolute atomic E-state index is 0.0392. The van der Waals surface area contributed by atoms with Crippen molar-refractivity contribution < 1.29 is 19.1 Å². The van der Waals surface area contributed by atoms with Gasteiger partial charge >= 0.3 is 0 Å². The largest absolute Gasteiger partial charge is 0.497 e. The van der Waals surface area contributed by atoms with E-state index in [1.54, 1.807) is 23.9 Å². The van der Waals surface area contributed by atoms with Gasteiger partial charge in [0.1, 0.15) is 23.4 Å². The van der Waals surface area contributed by atoms with Gasteiger partial charge in [-0.3, -0.25) is 9.59 Å². The van der Waals surface area contributed by atoms with Crippen LogP contribution < -0.4 is 20.1 Å². The molecule has 1 aliphatic rings. The quantitative estimate of drug-likeness (QED) is 0.607. The number of para-hydroxylation sites is 2. The molecule has 1 atom stereocenters. The van der Waals surface area contributed by atoms with Crippen LogP contribution in [0.5, 0.6) is 11.5 Å². The van der Waals surface area contributed by atoms with Gasteiger partial charge in [0.05, 0.1) is 31.5 Å². The van der Waals surface area contributed by atoms with Crippen molar-refractivity contribution in [1.82, 2.24) is 9.78 Å². The predicted molar refractivity (Wildman–Crippen MR) is 117 cm³/mol. The second kappa shape index (κ2) is 8.51. The molecule has 0 saturated heterocycles. The summed E-state index contributed by atoms with van der Waals surface area (Å²) in [6.45, 7) is 4.25. The van der Waals surface area contributed by atoms with Crippen LogP contribution in [-0.4, -0.2) is 35.3 Å². The number of carbonyl (C=O) groups excluding carboxylic acids is 2. The van der Waals surface area contributed by atoms with Gasteiger partial charge in [-0.15, -0.1) is 0 Å². The van der Waals surface area contributed by atoms with Crippen molar-refractivity contribution in [3.8, 4) is 22.6 Å². The number of hydrogen-bond donors (Lipinski definition) is 2. The molecular formula is C23H24N4O4. The SMILES string of the molecule is CCOc1ccccc1NC(=O)CC1C(=O)Nc2c(-c3ccc(OC)cc3)c(C)nn21. The fourth-order valence-electron chi connectivity index (χ4n) is 3.71. The van der Waals surface area contributed by atoms with E-state index in [1.165, 1.54) is 0 Å². The number of amides is 2. The summed E-state index contributed by atoms with van der Waals surface area (Å²) >= 11 is 0. The molecule has 0 saturated carbocycles. The fourth-order valence-corrected chi connectivity index (χ4v) is 3.71. The Morgan fingerprint density at radius 1 is 1.19 bits per heavy atom. The molecule has 4 rings (SSSR count). The molecule has 31 heavy (non-hydrogen) atoms. The van der Waals surface area contributed by atoms with E-state index in [2.05, 4.69) is 15.7 Å². The monoisotopic (exact) mass is 420 g/mol. The first-order valence-corrected chi connectivity index (χ1v) is 10.1. The Balaban J connectivity index is 1.56. The van der Waals surface area contributed by atoms with Crippen molar-refractivity contribution in [2.75, 3.05) is 24.4 Å². The van der Waals surface area contributed by atoms with Crippen LogP contribution in [0.15, 0.2) is 48.5 Å². The standard InChI is InChI=1S/C23H24N4O4/c1-4-31-19-8-6-5-7-17(19)24-20(28)13-18-23(29)25-22-21(14(2)26-27(18)22)15-9-11-16(30-3)12-10-15/h5-12,18H,4,13H2,1-3H3,(H,24,28)(H,25,29). The third kappa shape index (κ3) is 3.96. The summed E-state index contributed by atoms with van der Waals surface area (Å²) in [5, 5.41) is 10.3. The zero-order valence-corrected chi connectivity index (χ0v) is 17.6. The van der Waals surface area contributed by atoms with Gasteiger partial charge in [0.25, 0.3) is 5.91 Å². The number of methoxy groups -OCH3 is 1. The third-order valence-corrected chi connectivity index (χ3v) is 5.14. The number of carbonyl (C=O) groups is 2. The van der Waals surface area contributed by atoms with Crippen molar-refractivity contribution >= 4 is 23.3 Å². The molecule has 2 N–H and O–H groups in total. The number of nitrogens with one attached hydrogen (secondary N) is 2. The summed E-state index contributed by atoms with van der Waals surface area (Å²) in [6, 6.07) is 14.0. The van der Waals surface area contributed by atoms with Crippen LogP contribution in [0.4, 0.5) is 11.5 Å². The van der Waals surface area contributed by atoms with Gasteiger partial charge in [-0.25, -0.2) is 4.68 Å². The normalized spacial score (nSPS) is 14.7. The van der Waals surface area contributed by atoms with Crippen LogP contribution in [0.1, 0.15) is 25.1 Å². The number of nitrogens with zero attached hydrogens (tertiary/aromatic N) is 2. The Morgan fingerprint density at radius 2 is 1.94 bits per heavy atom.